The van der Waals surface area contributed by atoms with Crippen molar-refractivity contribution >= 4 is 11.9 Å². The predicted molar refractivity (Wildman–Crippen MR) is 61.0 cm³/mol. The van der Waals surface area contributed by atoms with Gasteiger partial charge in [0.15, 0.2) is 0 Å². The van der Waals surface area contributed by atoms with Crippen LogP contribution in [0.3, 0.4) is 0 Å². The highest BCUT2D eigenvalue weighted by Crippen LogP contribution is 2.29. The molecule has 0 bridgehead atoms. The van der Waals surface area contributed by atoms with E-state index in [1.54, 1.807) is 6.92 Å². The fourth-order valence-corrected chi connectivity index (χ4v) is 1.68. The van der Waals surface area contributed by atoms with Crippen molar-refractivity contribution in [1.82, 2.24) is 5.32 Å². The maximum absolute atomic E-state index is 11.5. The van der Waals surface area contributed by atoms with Gasteiger partial charge in [0.2, 0.25) is 5.91 Å². The fraction of sp³-hybridized carbons (Fsp3) is 0.833. The monoisotopic (exact) mass is 227 g/mol. The van der Waals surface area contributed by atoms with Gasteiger partial charge in [-0.3, -0.25) is 9.59 Å². The lowest BCUT2D eigenvalue weighted by Gasteiger charge is -2.26. The minimum absolute atomic E-state index is 0.00868. The normalized spacial score (nSPS) is 19.6. The Balaban J connectivity index is 2.31. The Morgan fingerprint density at radius 3 is 2.44 bits per heavy atom. The van der Waals surface area contributed by atoms with E-state index in [2.05, 4.69) is 5.32 Å². The Kier molecular flexibility index (Phi) is 4.33. The first-order valence-electron chi connectivity index (χ1n) is 5.98. The van der Waals surface area contributed by atoms with Gasteiger partial charge in [0, 0.05) is 13.0 Å². The van der Waals surface area contributed by atoms with E-state index in [0.29, 0.717) is 18.8 Å². The molecular formula is C12H21NO3. The van der Waals surface area contributed by atoms with Gasteiger partial charge >= 0.3 is 5.97 Å². The van der Waals surface area contributed by atoms with Crippen molar-refractivity contribution in [3.8, 4) is 0 Å². The van der Waals surface area contributed by atoms with E-state index in [1.807, 2.05) is 6.92 Å². The Labute approximate surface area is 96.4 Å². The SMILES string of the molecule is CCC(C)(CNC(=O)CC1CCC1)C(=O)O. The number of hydrogen-bond donors (Lipinski definition) is 2. The van der Waals surface area contributed by atoms with Crippen LogP contribution in [0, 0.1) is 11.3 Å². The number of rotatable bonds is 6. The minimum atomic E-state index is -0.848. The van der Waals surface area contributed by atoms with Crippen LogP contribution in [0.25, 0.3) is 0 Å². The lowest BCUT2D eigenvalue weighted by atomic mass is 9.82. The Bertz CT molecular complexity index is 273. The third-order valence-electron chi connectivity index (χ3n) is 3.67. The molecule has 0 aromatic heterocycles. The maximum atomic E-state index is 11.5. The average Bonchev–Trinajstić information content (AvgIpc) is 2.19. The van der Waals surface area contributed by atoms with Gasteiger partial charge in [-0.15, -0.1) is 0 Å². The molecule has 1 saturated carbocycles. The van der Waals surface area contributed by atoms with Gasteiger partial charge in [-0.25, -0.2) is 0 Å². The number of carboxylic acids is 1. The molecule has 4 heteroatoms. The van der Waals surface area contributed by atoms with Crippen molar-refractivity contribution in [2.75, 3.05) is 6.54 Å². The second-order valence-corrected chi connectivity index (χ2v) is 5.00. The van der Waals surface area contributed by atoms with Crippen molar-refractivity contribution < 1.29 is 14.7 Å². The molecule has 1 aliphatic carbocycles. The van der Waals surface area contributed by atoms with Crippen LogP contribution in [0.4, 0.5) is 0 Å². The van der Waals surface area contributed by atoms with Gasteiger partial charge in [0.25, 0.3) is 0 Å². The molecule has 1 atom stereocenters. The van der Waals surface area contributed by atoms with Crippen molar-refractivity contribution in [1.29, 1.82) is 0 Å². The summed E-state index contributed by atoms with van der Waals surface area (Å²) in [4.78, 5) is 22.5. The molecule has 0 heterocycles. The predicted octanol–water partition coefficient (Wildman–Crippen LogP) is 1.79. The van der Waals surface area contributed by atoms with E-state index >= 15 is 0 Å². The first-order valence-corrected chi connectivity index (χ1v) is 5.98. The van der Waals surface area contributed by atoms with Crippen molar-refractivity contribution in [3.63, 3.8) is 0 Å². The first-order chi connectivity index (χ1) is 7.48. The van der Waals surface area contributed by atoms with Crippen LogP contribution < -0.4 is 5.32 Å². The average molecular weight is 227 g/mol. The zero-order chi connectivity index (χ0) is 12.2. The molecule has 16 heavy (non-hydrogen) atoms. The van der Waals surface area contributed by atoms with Crippen LogP contribution in [-0.2, 0) is 9.59 Å². The first kappa shape index (κ1) is 13.0. The topological polar surface area (TPSA) is 66.4 Å². The maximum Gasteiger partial charge on any atom is 0.311 e. The van der Waals surface area contributed by atoms with E-state index in [9.17, 15) is 9.59 Å². The van der Waals surface area contributed by atoms with Crippen molar-refractivity contribution in [2.24, 2.45) is 11.3 Å². The van der Waals surface area contributed by atoms with E-state index in [4.69, 9.17) is 5.11 Å². The number of carboxylic acid groups (broad SMARTS) is 1. The number of nitrogens with one attached hydrogen (secondary N) is 1. The number of carbonyl (C=O) groups is 2. The lowest BCUT2D eigenvalue weighted by molar-refractivity contribution is -0.148. The van der Waals surface area contributed by atoms with Crippen LogP contribution in [0.1, 0.15) is 46.0 Å². The van der Waals surface area contributed by atoms with Crippen molar-refractivity contribution in [3.05, 3.63) is 0 Å². The molecule has 0 saturated heterocycles. The van der Waals surface area contributed by atoms with Gasteiger partial charge in [0.05, 0.1) is 5.41 Å². The number of carbonyl (C=O) groups excluding carboxylic acids is 1. The van der Waals surface area contributed by atoms with E-state index in [-0.39, 0.29) is 12.5 Å². The summed E-state index contributed by atoms with van der Waals surface area (Å²) in [7, 11) is 0. The molecule has 0 aromatic rings. The molecule has 0 radical (unpaired) electrons. The smallest absolute Gasteiger partial charge is 0.311 e. The number of amides is 1. The molecule has 1 amide bonds. The summed E-state index contributed by atoms with van der Waals surface area (Å²) in [6.07, 6.45) is 4.57. The minimum Gasteiger partial charge on any atom is -0.481 e. The molecule has 1 aliphatic rings. The third-order valence-corrected chi connectivity index (χ3v) is 3.67. The highest BCUT2D eigenvalue weighted by molar-refractivity contribution is 5.79. The Morgan fingerprint density at radius 1 is 1.44 bits per heavy atom. The van der Waals surface area contributed by atoms with Crippen LogP contribution in [-0.4, -0.2) is 23.5 Å². The Hall–Kier alpha value is -1.06. The van der Waals surface area contributed by atoms with Gasteiger partial charge < -0.3 is 10.4 Å². The zero-order valence-electron chi connectivity index (χ0n) is 10.1. The highest BCUT2D eigenvalue weighted by Gasteiger charge is 2.31. The number of aliphatic carboxylic acids is 1. The summed E-state index contributed by atoms with van der Waals surface area (Å²) < 4.78 is 0. The molecule has 1 unspecified atom stereocenters. The summed E-state index contributed by atoms with van der Waals surface area (Å²) in [6, 6.07) is 0. The quantitative estimate of drug-likeness (QED) is 0.727. The molecule has 1 fully saturated rings. The van der Waals surface area contributed by atoms with Crippen LogP contribution in [0.2, 0.25) is 0 Å². The lowest BCUT2D eigenvalue weighted by Crippen LogP contribution is -2.41. The van der Waals surface area contributed by atoms with Gasteiger partial charge in [-0.05, 0) is 32.1 Å². The molecule has 1 rings (SSSR count). The molecule has 92 valence electrons. The van der Waals surface area contributed by atoms with Gasteiger partial charge in [0.1, 0.15) is 0 Å². The zero-order valence-corrected chi connectivity index (χ0v) is 10.1. The molecule has 2 N–H and O–H groups in total. The Morgan fingerprint density at radius 2 is 2.06 bits per heavy atom. The van der Waals surface area contributed by atoms with Crippen LogP contribution in [0.15, 0.2) is 0 Å². The van der Waals surface area contributed by atoms with E-state index in [0.717, 1.165) is 12.8 Å². The summed E-state index contributed by atoms with van der Waals surface area (Å²) in [5.41, 5.74) is -0.838. The molecule has 4 nitrogen and oxygen atoms in total. The summed E-state index contributed by atoms with van der Waals surface area (Å²) in [5.74, 6) is -0.331. The van der Waals surface area contributed by atoms with Crippen LogP contribution >= 0.6 is 0 Å². The molecule has 0 aliphatic heterocycles. The van der Waals surface area contributed by atoms with Crippen molar-refractivity contribution in [2.45, 2.75) is 46.0 Å². The molecular weight excluding hydrogens is 206 g/mol. The fourth-order valence-electron chi connectivity index (χ4n) is 1.68. The van der Waals surface area contributed by atoms with E-state index in [1.165, 1.54) is 6.42 Å². The van der Waals surface area contributed by atoms with E-state index < -0.39 is 11.4 Å². The highest BCUT2D eigenvalue weighted by atomic mass is 16.4. The molecule has 0 spiro atoms. The second kappa shape index (κ2) is 5.32. The second-order valence-electron chi connectivity index (χ2n) is 5.00. The summed E-state index contributed by atoms with van der Waals surface area (Å²) >= 11 is 0. The summed E-state index contributed by atoms with van der Waals surface area (Å²) in [5, 5.41) is 11.8. The standard InChI is InChI=1S/C12H21NO3/c1-3-12(2,11(15)16)8-13-10(14)7-9-5-4-6-9/h9H,3-8H2,1-2H3,(H,13,14)(H,15,16). The third kappa shape index (κ3) is 3.22. The largest absolute Gasteiger partial charge is 0.481 e. The van der Waals surface area contributed by atoms with Gasteiger partial charge in [-0.2, -0.15) is 0 Å². The number of hydrogen-bond acceptors (Lipinski definition) is 2. The van der Waals surface area contributed by atoms with Gasteiger partial charge in [-0.1, -0.05) is 13.3 Å². The van der Waals surface area contributed by atoms with Crippen LogP contribution in [0.5, 0.6) is 0 Å². The molecule has 0 aromatic carbocycles. The summed E-state index contributed by atoms with van der Waals surface area (Å²) in [6.45, 7) is 3.72.